The van der Waals surface area contributed by atoms with Crippen molar-refractivity contribution >= 4 is 74.7 Å². The molecule has 306 valence electrons. The lowest BCUT2D eigenvalue weighted by molar-refractivity contribution is -0.0503. The summed E-state index contributed by atoms with van der Waals surface area (Å²) >= 11 is 0. The third-order valence-electron chi connectivity index (χ3n) is 6.44. The standard InChI is InChI=1S/C21H24N5O13P3.H5O10P3/c1-11-5-6-13-12(7-11)3-2-4-14(13)37-41(31,32)39-42(33,34)38-40(29,30)35-8-15-17(27)18(28)21(36-15)26-10-25-16-19(22)23-9-24-20(16)26;1-11(2,3)9-13(7,8)10-12(4,5)6/h2-7,9-10,15,17-18,21,27-28H,8H2,1H3,(H,29,30)(H,31,32)(H,33,34)(H2,22,23,24);(H,7,8)(H2,1,2,3)(H2,4,5,6)/t15-,17-,18-,21-;/m1./s1. The van der Waals surface area contributed by atoms with E-state index in [2.05, 4.69) is 36.7 Å². The van der Waals surface area contributed by atoms with Crippen molar-refractivity contribution in [1.29, 1.82) is 0 Å². The van der Waals surface area contributed by atoms with Gasteiger partial charge in [0.15, 0.2) is 17.7 Å². The lowest BCUT2D eigenvalue weighted by Crippen LogP contribution is -2.33. The number of nitrogens with zero attached hydrogens (tertiary/aromatic N) is 4. The summed E-state index contributed by atoms with van der Waals surface area (Å²) < 4.78 is 98.2. The normalized spacial score (nSPS) is 22.7. The number of hydrogen-bond donors (Lipinski definition) is 11. The summed E-state index contributed by atoms with van der Waals surface area (Å²) in [4.78, 5) is 82.0. The van der Waals surface area contributed by atoms with E-state index < -0.39 is 78.1 Å². The monoisotopic (exact) mass is 905 g/mol. The Kier molecular flexibility index (Phi) is 13.9. The van der Waals surface area contributed by atoms with Crippen LogP contribution < -0.4 is 10.3 Å². The molecule has 0 spiro atoms. The molecule has 0 saturated carbocycles. The predicted molar refractivity (Wildman–Crippen MR) is 179 cm³/mol. The summed E-state index contributed by atoms with van der Waals surface area (Å²) in [6.07, 6.45) is -3.69. The lowest BCUT2D eigenvalue weighted by atomic mass is 10.1. The molecule has 7 atom stereocenters. The molecular formula is C21H29N5O23P6. The average Bonchev–Trinajstić information content (AvgIpc) is 3.53. The Labute approximate surface area is 305 Å². The van der Waals surface area contributed by atoms with E-state index in [-0.39, 0.29) is 22.7 Å². The van der Waals surface area contributed by atoms with Gasteiger partial charge in [-0.3, -0.25) is 14.0 Å². The minimum atomic E-state index is -5.78. The second kappa shape index (κ2) is 16.8. The number of aliphatic hydroxyl groups is 2. The van der Waals surface area contributed by atoms with Crippen LogP contribution >= 0.6 is 46.9 Å². The first kappa shape index (κ1) is 45.3. The van der Waals surface area contributed by atoms with E-state index in [4.69, 9.17) is 39.5 Å². The van der Waals surface area contributed by atoms with Gasteiger partial charge in [0.2, 0.25) is 0 Å². The molecule has 4 aromatic rings. The third kappa shape index (κ3) is 13.1. The van der Waals surface area contributed by atoms with Crippen LogP contribution in [0, 0.1) is 6.92 Å². The summed E-state index contributed by atoms with van der Waals surface area (Å²) in [6, 6.07) is 9.55. The molecule has 5 rings (SSSR count). The zero-order chi connectivity index (χ0) is 41.4. The van der Waals surface area contributed by atoms with Crippen molar-refractivity contribution in [2.45, 2.75) is 31.5 Å². The molecule has 34 heteroatoms. The fourth-order valence-electron chi connectivity index (χ4n) is 4.50. The first-order valence-corrected chi connectivity index (χ1v) is 23.2. The fraction of sp³-hybridized carbons (Fsp3) is 0.286. The van der Waals surface area contributed by atoms with Crippen molar-refractivity contribution in [2.24, 2.45) is 0 Å². The molecule has 1 aliphatic rings. The number of phosphoric ester groups is 2. The highest BCUT2D eigenvalue weighted by molar-refractivity contribution is 7.67. The van der Waals surface area contributed by atoms with Crippen LogP contribution in [0.25, 0.3) is 21.9 Å². The molecule has 3 unspecified atom stereocenters. The number of rotatable bonds is 14. The molecular weight excluding hydrogens is 876 g/mol. The van der Waals surface area contributed by atoms with Gasteiger partial charge in [0, 0.05) is 5.39 Å². The molecule has 1 aliphatic heterocycles. The van der Waals surface area contributed by atoms with Gasteiger partial charge >= 0.3 is 46.9 Å². The second-order valence-corrected chi connectivity index (χ2v) is 19.4. The van der Waals surface area contributed by atoms with Gasteiger partial charge in [-0.25, -0.2) is 42.3 Å². The van der Waals surface area contributed by atoms with Gasteiger partial charge in [-0.15, -0.1) is 0 Å². The minimum Gasteiger partial charge on any atom is -0.403 e. The Hall–Kier alpha value is -2.41. The fourth-order valence-corrected chi connectivity index (χ4v) is 10.6. The second-order valence-electron chi connectivity index (χ2n) is 10.7. The Morgan fingerprint density at radius 1 is 0.764 bits per heavy atom. The van der Waals surface area contributed by atoms with Crippen LogP contribution in [0.2, 0.25) is 0 Å². The number of benzene rings is 2. The van der Waals surface area contributed by atoms with Crippen molar-refractivity contribution in [3.63, 3.8) is 0 Å². The van der Waals surface area contributed by atoms with Crippen LogP contribution in [0.3, 0.4) is 0 Å². The highest BCUT2D eigenvalue weighted by Gasteiger charge is 2.47. The molecule has 28 nitrogen and oxygen atoms in total. The van der Waals surface area contributed by atoms with Crippen molar-refractivity contribution in [3.05, 3.63) is 54.6 Å². The molecule has 2 aromatic carbocycles. The van der Waals surface area contributed by atoms with Crippen molar-refractivity contribution in [2.75, 3.05) is 12.3 Å². The summed E-state index contributed by atoms with van der Waals surface area (Å²) in [5, 5.41) is 21.9. The number of aromatic nitrogens is 4. The van der Waals surface area contributed by atoms with Crippen LogP contribution in [0.15, 0.2) is 49.1 Å². The maximum absolute atomic E-state index is 12.5. The van der Waals surface area contributed by atoms with Crippen molar-refractivity contribution < 1.29 is 108 Å². The van der Waals surface area contributed by atoms with E-state index >= 15 is 0 Å². The predicted octanol–water partition coefficient (Wildman–Crippen LogP) is 1.22. The maximum Gasteiger partial charge on any atom is 0.536 e. The summed E-state index contributed by atoms with van der Waals surface area (Å²) in [7, 11) is -32.9. The van der Waals surface area contributed by atoms with E-state index in [1.54, 1.807) is 24.3 Å². The average molecular weight is 905 g/mol. The molecule has 1 saturated heterocycles. The smallest absolute Gasteiger partial charge is 0.403 e. The number of aryl methyl sites for hydroxylation is 1. The van der Waals surface area contributed by atoms with Gasteiger partial charge in [-0.2, -0.15) is 17.2 Å². The summed E-state index contributed by atoms with van der Waals surface area (Å²) in [5.74, 6) is -0.132. The molecule has 55 heavy (non-hydrogen) atoms. The number of fused-ring (bicyclic) bond motifs is 2. The molecule has 12 N–H and O–H groups in total. The largest absolute Gasteiger partial charge is 0.536 e. The number of aliphatic hydroxyl groups excluding tert-OH is 2. The number of anilines is 1. The quantitative estimate of drug-likeness (QED) is 0.0792. The third-order valence-corrected chi connectivity index (χ3v) is 14.0. The van der Waals surface area contributed by atoms with E-state index in [0.717, 1.165) is 11.9 Å². The molecule has 1 fully saturated rings. The van der Waals surface area contributed by atoms with E-state index in [1.807, 2.05) is 6.92 Å². The van der Waals surface area contributed by atoms with Crippen LogP contribution in [0.4, 0.5) is 5.82 Å². The number of nitrogens with two attached hydrogens (primary N) is 1. The van der Waals surface area contributed by atoms with Crippen LogP contribution in [0.5, 0.6) is 5.75 Å². The van der Waals surface area contributed by atoms with Crippen molar-refractivity contribution in [1.82, 2.24) is 19.5 Å². The van der Waals surface area contributed by atoms with Gasteiger partial charge in [-0.05, 0) is 18.4 Å². The number of nitrogen functional groups attached to an aromatic ring is 1. The number of ether oxygens (including phenoxy) is 1. The zero-order valence-electron chi connectivity index (χ0n) is 27.0. The van der Waals surface area contributed by atoms with Crippen LogP contribution in [-0.2, 0) is 53.9 Å². The van der Waals surface area contributed by atoms with Gasteiger partial charge in [0.25, 0.3) is 0 Å². The SMILES string of the molecule is Cc1ccc2c(OP(=O)(O)OP(=O)(O)OP(=O)(O)OC[C@H]3O[C@@H](n4cnc5c(N)ncnc54)[C@H](O)[C@@H]3O)cccc2c1.O=P(O)(O)OP(=O)(O)OP(=O)(O)O. The molecule has 0 radical (unpaired) electrons. The lowest BCUT2D eigenvalue weighted by Gasteiger charge is -2.20. The highest BCUT2D eigenvalue weighted by atomic mass is 31.3. The van der Waals surface area contributed by atoms with Gasteiger partial charge < -0.3 is 59.5 Å². The topological polar surface area (TPSA) is 439 Å². The van der Waals surface area contributed by atoms with E-state index in [1.165, 1.54) is 23.0 Å². The van der Waals surface area contributed by atoms with Gasteiger partial charge in [0.1, 0.15) is 35.9 Å². The number of imidazole rings is 1. The minimum absolute atomic E-state index is 0.0470. The van der Waals surface area contributed by atoms with Crippen LogP contribution in [0.1, 0.15) is 11.8 Å². The van der Waals surface area contributed by atoms with E-state index in [0.29, 0.717) is 10.8 Å². The Morgan fingerprint density at radius 3 is 1.98 bits per heavy atom. The first-order valence-electron chi connectivity index (χ1n) is 14.1. The zero-order valence-corrected chi connectivity index (χ0v) is 32.3. The summed E-state index contributed by atoms with van der Waals surface area (Å²) in [6.45, 7) is 0.879. The van der Waals surface area contributed by atoms with Gasteiger partial charge in [0.05, 0.1) is 12.9 Å². The van der Waals surface area contributed by atoms with E-state index in [9.17, 15) is 52.3 Å². The van der Waals surface area contributed by atoms with Crippen LogP contribution in [-0.4, -0.2) is 93.8 Å². The molecule has 0 bridgehead atoms. The van der Waals surface area contributed by atoms with Gasteiger partial charge in [-0.1, -0.05) is 35.9 Å². The summed E-state index contributed by atoms with van der Waals surface area (Å²) in [5.41, 5.74) is 6.98. The Bertz CT molecular complexity index is 2310. The number of phosphoric acid groups is 6. The molecule has 0 amide bonds. The van der Waals surface area contributed by atoms with Crippen molar-refractivity contribution in [3.8, 4) is 5.75 Å². The molecule has 3 heterocycles. The molecule has 2 aromatic heterocycles. The Morgan fingerprint density at radius 2 is 1.36 bits per heavy atom. The molecule has 0 aliphatic carbocycles. The maximum atomic E-state index is 12.5. The highest BCUT2D eigenvalue weighted by Crippen LogP contribution is 2.68. The Balaban J connectivity index is 0.000000444. The first-order chi connectivity index (χ1) is 25.1. The number of hydrogen-bond acceptors (Lipinski definition) is 19.